The zero-order valence-electron chi connectivity index (χ0n) is 31.8. The third-order valence-corrected chi connectivity index (χ3v) is 11.6. The van der Waals surface area contributed by atoms with Gasteiger partial charge in [0.05, 0.1) is 22.4 Å². The normalized spacial score (nSPS) is 11.4. The van der Waals surface area contributed by atoms with Crippen molar-refractivity contribution in [2.24, 2.45) is 0 Å². The zero-order chi connectivity index (χ0) is 38.4. The number of aromatic nitrogens is 1. The summed E-state index contributed by atoms with van der Waals surface area (Å²) < 4.78 is 2.50. The fourth-order valence-corrected chi connectivity index (χ4v) is 8.90. The molecule has 1 heterocycles. The van der Waals surface area contributed by atoms with E-state index in [1.165, 1.54) is 71.2 Å². The molecule has 10 aromatic carbocycles. The summed E-state index contributed by atoms with van der Waals surface area (Å²) in [6.45, 7) is 0. The Morgan fingerprint density at radius 2 is 0.741 bits per heavy atom. The molecular formula is C56H38N2. The molecule has 0 atom stereocenters. The molecular weight excluding hydrogens is 701 g/mol. The Morgan fingerprint density at radius 1 is 0.293 bits per heavy atom. The van der Waals surface area contributed by atoms with Gasteiger partial charge >= 0.3 is 0 Å². The molecule has 272 valence electrons. The van der Waals surface area contributed by atoms with Crippen molar-refractivity contribution in [1.29, 1.82) is 0 Å². The minimum absolute atomic E-state index is 1.08. The van der Waals surface area contributed by atoms with E-state index < -0.39 is 0 Å². The Labute approximate surface area is 338 Å². The molecule has 0 amide bonds. The van der Waals surface area contributed by atoms with Crippen molar-refractivity contribution >= 4 is 60.4 Å². The molecule has 0 aliphatic rings. The number of rotatable bonds is 7. The molecule has 2 heteroatoms. The third-order valence-electron chi connectivity index (χ3n) is 11.6. The van der Waals surface area contributed by atoms with Crippen molar-refractivity contribution in [3.05, 3.63) is 231 Å². The summed E-state index contributed by atoms with van der Waals surface area (Å²) >= 11 is 0. The number of hydrogen-bond donors (Lipinski definition) is 0. The molecule has 1 aromatic heterocycles. The van der Waals surface area contributed by atoms with Gasteiger partial charge in [-0.3, -0.25) is 0 Å². The van der Waals surface area contributed by atoms with Crippen LogP contribution in [-0.2, 0) is 0 Å². The van der Waals surface area contributed by atoms with E-state index in [4.69, 9.17) is 0 Å². The van der Waals surface area contributed by atoms with Crippen LogP contribution in [0.2, 0.25) is 0 Å². The van der Waals surface area contributed by atoms with E-state index in [1.54, 1.807) is 0 Å². The minimum atomic E-state index is 1.08. The van der Waals surface area contributed by atoms with Gasteiger partial charge in [0.25, 0.3) is 0 Å². The van der Waals surface area contributed by atoms with E-state index in [0.29, 0.717) is 0 Å². The first-order valence-electron chi connectivity index (χ1n) is 19.9. The molecule has 0 aliphatic heterocycles. The number of anilines is 3. The summed E-state index contributed by atoms with van der Waals surface area (Å²) in [5.41, 5.74) is 13.8. The number of nitrogens with zero attached hydrogens (tertiary/aromatic N) is 2. The van der Waals surface area contributed by atoms with Crippen LogP contribution in [0.1, 0.15) is 0 Å². The van der Waals surface area contributed by atoms with Gasteiger partial charge < -0.3 is 9.47 Å². The van der Waals surface area contributed by atoms with Crippen LogP contribution in [0.3, 0.4) is 0 Å². The fraction of sp³-hybridized carbons (Fsp3) is 0. The Morgan fingerprint density at radius 3 is 1.31 bits per heavy atom. The summed E-state index contributed by atoms with van der Waals surface area (Å²) in [5.74, 6) is 0. The second kappa shape index (κ2) is 14.1. The molecule has 11 aromatic rings. The third kappa shape index (κ3) is 5.66. The van der Waals surface area contributed by atoms with Crippen molar-refractivity contribution in [2.45, 2.75) is 0 Å². The van der Waals surface area contributed by atoms with E-state index >= 15 is 0 Å². The highest BCUT2D eigenvalue weighted by Gasteiger charge is 2.25. The molecule has 58 heavy (non-hydrogen) atoms. The van der Waals surface area contributed by atoms with Crippen LogP contribution in [-0.4, -0.2) is 4.57 Å². The lowest BCUT2D eigenvalue weighted by Gasteiger charge is -2.30. The van der Waals surface area contributed by atoms with Gasteiger partial charge in [-0.05, 0) is 97.9 Å². The lowest BCUT2D eigenvalue weighted by Crippen LogP contribution is -2.14. The Bertz CT molecular complexity index is 3120. The SMILES string of the molecule is c1ccc(-c2ccc(N(c3ccc(-c4ccccc4)cc3)c3cccc(-c4cc5ccccc5c5ccccc45)c3-n3c4ccccc4c4ccccc43)cc2)cc1. The molecule has 0 bridgehead atoms. The van der Waals surface area contributed by atoms with Gasteiger partial charge in [0.1, 0.15) is 0 Å². The molecule has 0 fully saturated rings. The first kappa shape index (κ1) is 33.6. The van der Waals surface area contributed by atoms with Gasteiger partial charge in [-0.25, -0.2) is 0 Å². The van der Waals surface area contributed by atoms with Crippen molar-refractivity contribution in [1.82, 2.24) is 4.57 Å². The highest BCUT2D eigenvalue weighted by atomic mass is 15.2. The van der Waals surface area contributed by atoms with Crippen LogP contribution < -0.4 is 4.90 Å². The van der Waals surface area contributed by atoms with Crippen LogP contribution in [0.4, 0.5) is 17.1 Å². The van der Waals surface area contributed by atoms with Crippen molar-refractivity contribution in [2.75, 3.05) is 4.90 Å². The van der Waals surface area contributed by atoms with E-state index in [-0.39, 0.29) is 0 Å². The van der Waals surface area contributed by atoms with Gasteiger partial charge in [0.15, 0.2) is 0 Å². The lowest BCUT2D eigenvalue weighted by molar-refractivity contribution is 1.15. The van der Waals surface area contributed by atoms with Crippen LogP contribution in [0.5, 0.6) is 0 Å². The first-order valence-corrected chi connectivity index (χ1v) is 19.9. The van der Waals surface area contributed by atoms with Crippen molar-refractivity contribution in [3.8, 4) is 39.1 Å². The highest BCUT2D eigenvalue weighted by Crippen LogP contribution is 2.48. The lowest BCUT2D eigenvalue weighted by atomic mass is 9.91. The highest BCUT2D eigenvalue weighted by molar-refractivity contribution is 6.16. The quantitative estimate of drug-likeness (QED) is 0.148. The van der Waals surface area contributed by atoms with E-state index in [2.05, 4.69) is 240 Å². The Hall–Kier alpha value is -7.68. The van der Waals surface area contributed by atoms with Crippen LogP contribution >= 0.6 is 0 Å². The van der Waals surface area contributed by atoms with Gasteiger partial charge in [0.2, 0.25) is 0 Å². The van der Waals surface area contributed by atoms with Crippen LogP contribution in [0, 0.1) is 0 Å². The van der Waals surface area contributed by atoms with E-state index in [9.17, 15) is 0 Å². The van der Waals surface area contributed by atoms with Gasteiger partial charge in [-0.15, -0.1) is 0 Å². The molecule has 0 N–H and O–H groups in total. The Kier molecular flexibility index (Phi) is 8.19. The van der Waals surface area contributed by atoms with Gasteiger partial charge in [-0.2, -0.15) is 0 Å². The van der Waals surface area contributed by atoms with Crippen molar-refractivity contribution < 1.29 is 0 Å². The number of benzene rings is 10. The second-order valence-electron chi connectivity index (χ2n) is 14.9. The van der Waals surface area contributed by atoms with Gasteiger partial charge in [0, 0.05) is 27.7 Å². The zero-order valence-corrected chi connectivity index (χ0v) is 31.8. The largest absolute Gasteiger partial charge is 0.308 e. The Balaban J connectivity index is 1.24. The monoisotopic (exact) mass is 738 g/mol. The molecule has 0 saturated heterocycles. The predicted molar refractivity (Wildman–Crippen MR) is 247 cm³/mol. The van der Waals surface area contributed by atoms with E-state index in [1.807, 2.05) is 0 Å². The summed E-state index contributed by atoms with van der Waals surface area (Å²) in [6.07, 6.45) is 0. The number of fused-ring (bicyclic) bond motifs is 6. The molecule has 0 radical (unpaired) electrons. The molecule has 0 spiro atoms. The maximum Gasteiger partial charge on any atom is 0.0782 e. The average molecular weight is 739 g/mol. The number of para-hydroxylation sites is 3. The average Bonchev–Trinajstić information content (AvgIpc) is 3.64. The minimum Gasteiger partial charge on any atom is -0.308 e. The number of hydrogen-bond acceptors (Lipinski definition) is 1. The van der Waals surface area contributed by atoms with Gasteiger partial charge in [-0.1, -0.05) is 182 Å². The molecule has 0 saturated carbocycles. The van der Waals surface area contributed by atoms with Crippen LogP contribution in [0.15, 0.2) is 231 Å². The van der Waals surface area contributed by atoms with E-state index in [0.717, 1.165) is 28.3 Å². The standard InChI is InChI=1S/C56H38N2/c1-3-16-39(17-4-1)41-30-34-44(35-31-41)57(45-36-32-42(33-37-45)40-18-5-2-6-19-40)55-29-15-26-51(52-38-43-20-7-8-21-46(43)47-22-9-10-23-48(47)52)56(55)58-53-27-13-11-24-49(53)50-25-12-14-28-54(50)58/h1-38H. The van der Waals surface area contributed by atoms with Crippen LogP contribution in [0.25, 0.3) is 82.4 Å². The maximum atomic E-state index is 2.50. The molecule has 0 aliphatic carbocycles. The molecule has 11 rings (SSSR count). The summed E-state index contributed by atoms with van der Waals surface area (Å²) in [5, 5.41) is 7.42. The topological polar surface area (TPSA) is 8.17 Å². The predicted octanol–water partition coefficient (Wildman–Crippen LogP) is 15.6. The smallest absolute Gasteiger partial charge is 0.0782 e. The first-order chi connectivity index (χ1) is 28.8. The summed E-state index contributed by atoms with van der Waals surface area (Å²) in [4.78, 5) is 2.44. The molecule has 0 unspecified atom stereocenters. The van der Waals surface area contributed by atoms with Crippen molar-refractivity contribution in [3.63, 3.8) is 0 Å². The summed E-state index contributed by atoms with van der Waals surface area (Å²) in [7, 11) is 0. The summed E-state index contributed by atoms with van der Waals surface area (Å²) in [6, 6.07) is 83.8. The molecule has 2 nitrogen and oxygen atoms in total. The fourth-order valence-electron chi connectivity index (χ4n) is 8.90. The second-order valence-corrected chi connectivity index (χ2v) is 14.9. The maximum absolute atomic E-state index is 2.50.